The van der Waals surface area contributed by atoms with Crippen LogP contribution < -0.4 is 9.64 Å². The van der Waals surface area contributed by atoms with Gasteiger partial charge < -0.3 is 14.1 Å². The second-order valence-electron chi connectivity index (χ2n) is 17.8. The molecule has 0 fully saturated rings. The van der Waals surface area contributed by atoms with Crippen molar-refractivity contribution in [2.75, 3.05) is 4.90 Å². The molecular weight excluding hydrogens is 823 g/mol. The van der Waals surface area contributed by atoms with Gasteiger partial charge in [-0.1, -0.05) is 176 Å². The number of ether oxygens (including phenoxy) is 1. The van der Waals surface area contributed by atoms with E-state index in [2.05, 4.69) is 229 Å². The molecule has 2 aliphatic carbocycles. The van der Waals surface area contributed by atoms with Crippen molar-refractivity contribution in [3.8, 4) is 33.8 Å². The highest BCUT2D eigenvalue weighted by atomic mass is 32.2. The Bertz CT molecular complexity index is 3790. The highest BCUT2D eigenvalue weighted by molar-refractivity contribution is 7.99. The molecule has 0 radical (unpaired) electrons. The fourth-order valence-corrected chi connectivity index (χ4v) is 13.6. The van der Waals surface area contributed by atoms with E-state index in [4.69, 9.17) is 9.15 Å². The fourth-order valence-electron chi connectivity index (χ4n) is 12.4. The second kappa shape index (κ2) is 13.3. The number of nitrogens with zero attached hydrogens (tertiary/aromatic N) is 1. The van der Waals surface area contributed by atoms with Gasteiger partial charge in [0.25, 0.3) is 0 Å². The molecule has 1 aromatic heterocycles. The van der Waals surface area contributed by atoms with Gasteiger partial charge in [-0.15, -0.1) is 0 Å². The Morgan fingerprint density at radius 1 is 0.364 bits per heavy atom. The van der Waals surface area contributed by atoms with Crippen molar-refractivity contribution in [1.29, 1.82) is 0 Å². The summed E-state index contributed by atoms with van der Waals surface area (Å²) in [6, 6.07) is 82.6. The van der Waals surface area contributed by atoms with Crippen LogP contribution in [0.4, 0.5) is 17.1 Å². The van der Waals surface area contributed by atoms with Crippen LogP contribution in [0.5, 0.6) is 11.5 Å². The Morgan fingerprint density at radius 2 is 0.879 bits per heavy atom. The lowest BCUT2D eigenvalue weighted by molar-refractivity contribution is 0.436. The van der Waals surface area contributed by atoms with Gasteiger partial charge in [0.15, 0.2) is 0 Å². The molecule has 4 heteroatoms. The van der Waals surface area contributed by atoms with Gasteiger partial charge in [0, 0.05) is 37.6 Å². The van der Waals surface area contributed by atoms with E-state index < -0.39 is 10.8 Å². The second-order valence-corrected chi connectivity index (χ2v) is 18.9. The fraction of sp³-hybridized carbons (Fsp3) is 0.0323. The first-order valence-corrected chi connectivity index (χ1v) is 23.5. The molecule has 0 saturated carbocycles. The van der Waals surface area contributed by atoms with Crippen LogP contribution in [0.1, 0.15) is 44.5 Å². The molecule has 0 bridgehead atoms. The van der Waals surface area contributed by atoms with Gasteiger partial charge in [-0.25, -0.2) is 0 Å². The number of furan rings is 1. The maximum Gasteiger partial charge on any atom is 0.137 e. The van der Waals surface area contributed by atoms with Crippen LogP contribution in [-0.2, 0) is 10.8 Å². The zero-order valence-corrected chi connectivity index (χ0v) is 36.4. The predicted octanol–water partition coefficient (Wildman–Crippen LogP) is 16.4. The van der Waals surface area contributed by atoms with E-state index in [9.17, 15) is 0 Å². The first-order valence-electron chi connectivity index (χ1n) is 22.7. The minimum absolute atomic E-state index is 0.619. The average molecular weight is 860 g/mol. The Balaban J connectivity index is 1.09. The number of anilines is 3. The summed E-state index contributed by atoms with van der Waals surface area (Å²) in [5.41, 5.74) is 18.6. The molecule has 11 aromatic rings. The first kappa shape index (κ1) is 36.3. The van der Waals surface area contributed by atoms with Crippen LogP contribution in [0.3, 0.4) is 0 Å². The lowest BCUT2D eigenvalue weighted by Crippen LogP contribution is -2.34. The highest BCUT2D eigenvalue weighted by Crippen LogP contribution is 2.66. The number of hydrogen-bond acceptors (Lipinski definition) is 4. The van der Waals surface area contributed by atoms with Crippen molar-refractivity contribution in [3.05, 3.63) is 269 Å². The van der Waals surface area contributed by atoms with Crippen LogP contribution in [-0.4, -0.2) is 0 Å². The van der Waals surface area contributed by atoms with E-state index in [1.54, 1.807) is 0 Å². The van der Waals surface area contributed by atoms with E-state index >= 15 is 0 Å². The molecule has 66 heavy (non-hydrogen) atoms. The van der Waals surface area contributed by atoms with Crippen LogP contribution in [0, 0.1) is 0 Å². The summed E-state index contributed by atoms with van der Waals surface area (Å²) in [5.74, 6) is 1.73. The molecule has 2 spiro atoms. The summed E-state index contributed by atoms with van der Waals surface area (Å²) in [6.45, 7) is 0. The molecule has 2 aliphatic heterocycles. The molecule has 15 rings (SSSR count). The number of hydrogen-bond donors (Lipinski definition) is 0. The van der Waals surface area contributed by atoms with Gasteiger partial charge in [0.1, 0.15) is 22.7 Å². The van der Waals surface area contributed by atoms with Crippen molar-refractivity contribution in [2.24, 2.45) is 0 Å². The highest BCUT2D eigenvalue weighted by Gasteiger charge is 2.53. The molecular formula is C62H37NO2S. The standard InChI is InChI=1S/C62H37NO2S/c1-6-22-44-39(17-1)40-18-2-7-23-45(40)61(44)48-26-10-13-31-54(48)65-55-36-35-38(37-50(55)61)63(51-28-15-32-56-59(51)43-21-5-12-30-53(43)64-56)52-29-16-34-58-60(52)62(49-27-11-14-33-57(49)66-58)46-24-8-3-19-41(46)42-20-4-9-25-47(42)62/h1-37H. The van der Waals surface area contributed by atoms with E-state index in [1.165, 1.54) is 65.4 Å². The van der Waals surface area contributed by atoms with E-state index in [-0.39, 0.29) is 0 Å². The summed E-state index contributed by atoms with van der Waals surface area (Å²) in [4.78, 5) is 5.04. The van der Waals surface area contributed by atoms with E-state index in [0.717, 1.165) is 61.6 Å². The lowest BCUT2D eigenvalue weighted by atomic mass is 9.66. The van der Waals surface area contributed by atoms with Gasteiger partial charge in [-0.3, -0.25) is 0 Å². The van der Waals surface area contributed by atoms with Gasteiger partial charge in [0.05, 0.1) is 27.6 Å². The first-order chi connectivity index (χ1) is 32.7. The summed E-state index contributed by atoms with van der Waals surface area (Å²) >= 11 is 1.87. The molecule has 3 nitrogen and oxygen atoms in total. The summed E-state index contributed by atoms with van der Waals surface area (Å²) < 4.78 is 13.7. The normalized spacial score (nSPS) is 14.7. The summed E-state index contributed by atoms with van der Waals surface area (Å²) in [7, 11) is 0. The number of para-hydroxylation sites is 2. The lowest BCUT2D eigenvalue weighted by Gasteiger charge is -2.43. The number of rotatable bonds is 3. The molecule has 0 unspecified atom stereocenters. The monoisotopic (exact) mass is 859 g/mol. The molecule has 0 amide bonds. The zero-order chi connectivity index (χ0) is 43.1. The summed E-state index contributed by atoms with van der Waals surface area (Å²) in [5, 5.41) is 2.15. The van der Waals surface area contributed by atoms with Gasteiger partial charge >= 0.3 is 0 Å². The van der Waals surface area contributed by atoms with E-state index in [0.29, 0.717) is 0 Å². The summed E-state index contributed by atoms with van der Waals surface area (Å²) in [6.07, 6.45) is 0. The number of benzene rings is 10. The van der Waals surface area contributed by atoms with Crippen LogP contribution in [0.15, 0.2) is 239 Å². The Kier molecular flexibility index (Phi) is 7.29. The third-order valence-electron chi connectivity index (χ3n) is 14.8. The maximum absolute atomic E-state index is 7.00. The third-order valence-corrected chi connectivity index (χ3v) is 15.9. The van der Waals surface area contributed by atoms with Gasteiger partial charge in [-0.2, -0.15) is 0 Å². The van der Waals surface area contributed by atoms with Crippen molar-refractivity contribution in [3.63, 3.8) is 0 Å². The quantitative estimate of drug-likeness (QED) is 0.177. The van der Waals surface area contributed by atoms with Crippen molar-refractivity contribution < 1.29 is 9.15 Å². The SMILES string of the molecule is c1ccc2c(c1)Oc1ccc(N(c3cccc4c3C3(c5ccccc5S4)c4ccccc4-c4ccccc43)c3cccc4oc5ccccc5c34)cc1C21c2ccccc2-c2ccccc21. The molecule has 308 valence electrons. The van der Waals surface area contributed by atoms with Crippen LogP contribution in [0.2, 0.25) is 0 Å². The minimum atomic E-state index is -0.636. The van der Waals surface area contributed by atoms with Crippen molar-refractivity contribution in [2.45, 2.75) is 20.6 Å². The minimum Gasteiger partial charge on any atom is -0.457 e. The topological polar surface area (TPSA) is 25.6 Å². The van der Waals surface area contributed by atoms with Gasteiger partial charge in [0.2, 0.25) is 0 Å². The third kappa shape index (κ3) is 4.49. The smallest absolute Gasteiger partial charge is 0.137 e. The molecule has 4 aliphatic rings. The molecule has 3 heterocycles. The van der Waals surface area contributed by atoms with E-state index in [1.807, 2.05) is 11.8 Å². The Labute approximate surface area is 386 Å². The Morgan fingerprint density at radius 3 is 1.59 bits per heavy atom. The average Bonchev–Trinajstić information content (AvgIpc) is 4.00. The molecule has 0 saturated heterocycles. The van der Waals surface area contributed by atoms with Crippen molar-refractivity contribution >= 4 is 50.8 Å². The zero-order valence-electron chi connectivity index (χ0n) is 35.5. The van der Waals surface area contributed by atoms with Crippen LogP contribution in [0.25, 0.3) is 44.2 Å². The molecule has 0 atom stereocenters. The van der Waals surface area contributed by atoms with Gasteiger partial charge in [-0.05, 0) is 111 Å². The van der Waals surface area contributed by atoms with Crippen molar-refractivity contribution in [1.82, 2.24) is 0 Å². The molecule has 0 N–H and O–H groups in total. The Hall–Kier alpha value is -8.05. The largest absolute Gasteiger partial charge is 0.457 e. The van der Waals surface area contributed by atoms with Crippen LogP contribution >= 0.6 is 11.8 Å². The maximum atomic E-state index is 7.00. The molecule has 10 aromatic carbocycles. The number of fused-ring (bicyclic) bond motifs is 21. The predicted molar refractivity (Wildman–Crippen MR) is 267 cm³/mol.